The fourth-order valence-electron chi connectivity index (χ4n) is 4.94. The second-order valence-electron chi connectivity index (χ2n) is 10.8. The average Bonchev–Trinajstić information content (AvgIpc) is 2.85. The normalized spacial score (nSPS) is 27.9. The Morgan fingerprint density at radius 2 is 1.79 bits per heavy atom. The molecule has 0 aromatic heterocycles. The topological polar surface area (TPSA) is 79.2 Å². The highest BCUT2D eigenvalue weighted by Crippen LogP contribution is 2.41. The van der Waals surface area contributed by atoms with E-state index in [0.29, 0.717) is 5.92 Å². The van der Waals surface area contributed by atoms with E-state index in [1.54, 1.807) is 4.90 Å². The van der Waals surface area contributed by atoms with Crippen LogP contribution in [0.3, 0.4) is 0 Å². The van der Waals surface area contributed by atoms with Gasteiger partial charge in [0.2, 0.25) is 0 Å². The summed E-state index contributed by atoms with van der Waals surface area (Å²) in [7, 11) is 0. The molecule has 6 nitrogen and oxygen atoms in total. The van der Waals surface area contributed by atoms with E-state index < -0.39 is 29.6 Å². The summed E-state index contributed by atoms with van der Waals surface area (Å²) in [5.74, 6) is 0.313. The largest absolute Gasteiger partial charge is 0.444 e. The van der Waals surface area contributed by atoms with Crippen molar-refractivity contribution in [2.45, 2.75) is 117 Å². The van der Waals surface area contributed by atoms with Crippen LogP contribution in [-0.2, 0) is 9.47 Å². The molecule has 1 saturated carbocycles. The summed E-state index contributed by atoms with van der Waals surface area (Å²) >= 11 is 0. The van der Waals surface area contributed by atoms with E-state index in [0.717, 1.165) is 19.3 Å². The quantitative estimate of drug-likeness (QED) is 0.678. The Kier molecular flexibility index (Phi) is 8.02. The van der Waals surface area contributed by atoms with Gasteiger partial charge in [-0.3, -0.25) is 4.90 Å². The monoisotopic (exact) mass is 413 g/mol. The Bertz CT molecular complexity index is 536. The van der Waals surface area contributed by atoms with Crippen LogP contribution in [0.2, 0.25) is 0 Å². The zero-order chi connectivity index (χ0) is 22.0. The van der Waals surface area contributed by atoms with E-state index in [9.17, 15) is 15.0 Å². The maximum Gasteiger partial charge on any atom is 0.412 e. The highest BCUT2D eigenvalue weighted by atomic mass is 16.6. The van der Waals surface area contributed by atoms with Gasteiger partial charge in [-0.05, 0) is 52.9 Å². The van der Waals surface area contributed by atoms with E-state index in [4.69, 9.17) is 9.47 Å². The molecule has 2 aliphatic rings. The Hall–Kier alpha value is -0.850. The van der Waals surface area contributed by atoms with Crippen molar-refractivity contribution >= 4 is 6.09 Å². The third-order valence-corrected chi connectivity index (χ3v) is 6.45. The van der Waals surface area contributed by atoms with Gasteiger partial charge in [0.05, 0.1) is 12.1 Å². The maximum absolute atomic E-state index is 13.2. The Morgan fingerprint density at radius 3 is 2.28 bits per heavy atom. The summed E-state index contributed by atoms with van der Waals surface area (Å²) < 4.78 is 12.0. The minimum Gasteiger partial charge on any atom is -0.444 e. The molecule has 0 aromatic carbocycles. The summed E-state index contributed by atoms with van der Waals surface area (Å²) in [6, 6.07) is -0.272. The van der Waals surface area contributed by atoms with E-state index in [1.807, 2.05) is 48.5 Å². The van der Waals surface area contributed by atoms with Gasteiger partial charge in [-0.1, -0.05) is 46.0 Å². The summed E-state index contributed by atoms with van der Waals surface area (Å²) in [4.78, 5) is 14.9. The summed E-state index contributed by atoms with van der Waals surface area (Å²) in [6.07, 6.45) is 5.00. The smallest absolute Gasteiger partial charge is 0.412 e. The maximum atomic E-state index is 13.2. The molecule has 1 saturated heterocycles. The first kappa shape index (κ1) is 24.4. The molecule has 2 fully saturated rings. The van der Waals surface area contributed by atoms with Gasteiger partial charge in [0.1, 0.15) is 17.4 Å². The Labute approximate surface area is 176 Å². The van der Waals surface area contributed by atoms with Crippen LogP contribution >= 0.6 is 0 Å². The van der Waals surface area contributed by atoms with Crippen LogP contribution in [0.25, 0.3) is 0 Å². The fraction of sp³-hybridized carbons (Fsp3) is 0.957. The van der Waals surface area contributed by atoms with Gasteiger partial charge in [-0.25, -0.2) is 4.79 Å². The van der Waals surface area contributed by atoms with E-state index >= 15 is 0 Å². The van der Waals surface area contributed by atoms with E-state index in [-0.39, 0.29) is 24.5 Å². The van der Waals surface area contributed by atoms with Crippen molar-refractivity contribution in [2.24, 2.45) is 17.8 Å². The molecular weight excluding hydrogens is 370 g/mol. The number of ether oxygens (including phenoxy) is 2. The van der Waals surface area contributed by atoms with Crippen LogP contribution in [0, 0.1) is 17.8 Å². The number of amides is 1. The number of carbonyl (C=O) groups excluding carboxylic acids is 1. The summed E-state index contributed by atoms with van der Waals surface area (Å²) in [5, 5.41) is 21.1. The molecular formula is C23H43NO5. The minimum absolute atomic E-state index is 0.104. The van der Waals surface area contributed by atoms with E-state index in [2.05, 4.69) is 0 Å². The lowest BCUT2D eigenvalue weighted by Crippen LogP contribution is -2.52. The van der Waals surface area contributed by atoms with Crippen molar-refractivity contribution in [1.29, 1.82) is 0 Å². The van der Waals surface area contributed by atoms with Gasteiger partial charge >= 0.3 is 6.09 Å². The third kappa shape index (κ3) is 6.08. The molecule has 0 radical (unpaired) electrons. The molecule has 0 unspecified atom stereocenters. The first-order valence-corrected chi connectivity index (χ1v) is 11.4. The molecule has 4 atom stereocenters. The number of carbonyl (C=O) groups is 1. The highest BCUT2D eigenvalue weighted by Gasteiger charge is 2.54. The van der Waals surface area contributed by atoms with Gasteiger partial charge in [0.25, 0.3) is 0 Å². The van der Waals surface area contributed by atoms with Gasteiger partial charge in [-0.15, -0.1) is 0 Å². The predicted molar refractivity (Wildman–Crippen MR) is 113 cm³/mol. The molecule has 2 N–H and O–H groups in total. The first-order valence-electron chi connectivity index (χ1n) is 11.4. The minimum atomic E-state index is -0.885. The molecule has 0 bridgehead atoms. The first-order chi connectivity index (χ1) is 13.4. The van der Waals surface area contributed by atoms with Crippen LogP contribution in [0.4, 0.5) is 4.79 Å². The molecule has 0 aromatic rings. The second kappa shape index (κ2) is 9.52. The van der Waals surface area contributed by atoms with Crippen LogP contribution in [0.1, 0.15) is 87.0 Å². The predicted octanol–water partition coefficient (Wildman–Crippen LogP) is 4.32. The van der Waals surface area contributed by atoms with Crippen LogP contribution in [0.15, 0.2) is 0 Å². The highest BCUT2D eigenvalue weighted by molar-refractivity contribution is 5.70. The molecule has 170 valence electrons. The summed E-state index contributed by atoms with van der Waals surface area (Å²) in [6.45, 7) is 13.2. The standard InChI is InChI=1S/C23H43NO5/c1-15(2)17(14-25)19(26)20-18(13-16-11-9-8-10-12-16)24(23(6,7)28-20)21(27)29-22(3,4)5/h15-20,25-26H,8-14H2,1-7H3/t17-,18+,19+,20-/m1/s1. The molecule has 2 rings (SSSR count). The molecule has 6 heteroatoms. The number of aliphatic hydroxyl groups is 2. The number of hydrogen-bond donors (Lipinski definition) is 2. The van der Waals surface area contributed by atoms with Crippen molar-refractivity contribution < 1.29 is 24.5 Å². The van der Waals surface area contributed by atoms with Crippen LogP contribution in [0.5, 0.6) is 0 Å². The molecule has 1 amide bonds. The third-order valence-electron chi connectivity index (χ3n) is 6.45. The van der Waals surface area contributed by atoms with Crippen molar-refractivity contribution in [1.82, 2.24) is 4.90 Å². The van der Waals surface area contributed by atoms with Gasteiger partial charge in [0, 0.05) is 12.5 Å². The molecule has 1 aliphatic heterocycles. The lowest BCUT2D eigenvalue weighted by atomic mass is 9.80. The molecule has 29 heavy (non-hydrogen) atoms. The molecule has 0 spiro atoms. The summed E-state index contributed by atoms with van der Waals surface area (Å²) in [5.41, 5.74) is -1.49. The van der Waals surface area contributed by atoms with Crippen molar-refractivity contribution in [2.75, 3.05) is 6.61 Å². The van der Waals surface area contributed by atoms with Crippen molar-refractivity contribution in [3.63, 3.8) is 0 Å². The lowest BCUT2D eigenvalue weighted by molar-refractivity contribution is -0.121. The number of nitrogens with zero attached hydrogens (tertiary/aromatic N) is 1. The molecule has 1 aliphatic carbocycles. The van der Waals surface area contributed by atoms with Gasteiger partial charge in [-0.2, -0.15) is 0 Å². The van der Waals surface area contributed by atoms with Crippen LogP contribution < -0.4 is 0 Å². The SMILES string of the molecule is CC(C)[C@@H](CO)[C@H](O)[C@@H]1OC(C)(C)N(C(=O)OC(C)(C)C)[C@H]1CC1CCCCC1. The van der Waals surface area contributed by atoms with E-state index in [1.165, 1.54) is 19.3 Å². The zero-order valence-corrected chi connectivity index (χ0v) is 19.5. The van der Waals surface area contributed by atoms with Gasteiger partial charge < -0.3 is 19.7 Å². The lowest BCUT2D eigenvalue weighted by Gasteiger charge is -2.37. The number of hydrogen-bond acceptors (Lipinski definition) is 5. The average molecular weight is 414 g/mol. The fourth-order valence-corrected chi connectivity index (χ4v) is 4.94. The number of rotatable bonds is 6. The van der Waals surface area contributed by atoms with Crippen molar-refractivity contribution in [3.8, 4) is 0 Å². The Balaban J connectivity index is 2.34. The number of aliphatic hydroxyl groups excluding tert-OH is 2. The van der Waals surface area contributed by atoms with Gasteiger partial charge in [0.15, 0.2) is 0 Å². The molecule has 1 heterocycles. The second-order valence-corrected chi connectivity index (χ2v) is 10.8. The Morgan fingerprint density at radius 1 is 1.21 bits per heavy atom. The van der Waals surface area contributed by atoms with Crippen LogP contribution in [-0.4, -0.2) is 57.4 Å². The van der Waals surface area contributed by atoms with Crippen molar-refractivity contribution in [3.05, 3.63) is 0 Å². The zero-order valence-electron chi connectivity index (χ0n) is 19.5.